The first-order valence-corrected chi connectivity index (χ1v) is 6.56. The molecule has 0 aliphatic carbocycles. The number of benzene rings is 1. The van der Waals surface area contributed by atoms with Crippen LogP contribution in [0.5, 0.6) is 5.75 Å². The smallest absolute Gasteiger partial charge is 0.165 e. The Hall–Kier alpha value is -1.58. The van der Waals surface area contributed by atoms with E-state index in [1.807, 2.05) is 20.8 Å². The van der Waals surface area contributed by atoms with E-state index in [1.54, 1.807) is 12.1 Å². The second-order valence-corrected chi connectivity index (χ2v) is 5.54. The summed E-state index contributed by atoms with van der Waals surface area (Å²) < 4.78 is 18.8. The lowest BCUT2D eigenvalue weighted by atomic mass is 9.86. The van der Waals surface area contributed by atoms with Gasteiger partial charge in [-0.2, -0.15) is 0 Å². The highest BCUT2D eigenvalue weighted by molar-refractivity contribution is 5.82. The third kappa shape index (κ3) is 4.89. The van der Waals surface area contributed by atoms with Crippen molar-refractivity contribution in [2.24, 2.45) is 11.1 Å². The van der Waals surface area contributed by atoms with Gasteiger partial charge in [0.2, 0.25) is 0 Å². The Morgan fingerprint density at radius 1 is 1.37 bits per heavy atom. The number of aryl methyl sites for hydroxylation is 1. The van der Waals surface area contributed by atoms with Crippen LogP contribution in [-0.4, -0.2) is 12.4 Å². The first-order chi connectivity index (χ1) is 8.83. The number of hydrogen-bond acceptors (Lipinski definition) is 2. The number of amidine groups is 1. The van der Waals surface area contributed by atoms with Gasteiger partial charge in [0.1, 0.15) is 0 Å². The summed E-state index contributed by atoms with van der Waals surface area (Å²) in [6.45, 7) is 6.29. The summed E-state index contributed by atoms with van der Waals surface area (Å²) in [6, 6.07) is 4.84. The van der Waals surface area contributed by atoms with Crippen LogP contribution < -0.4 is 10.5 Å². The largest absolute Gasteiger partial charge is 0.491 e. The monoisotopic (exact) mass is 266 g/mol. The van der Waals surface area contributed by atoms with Crippen LogP contribution in [-0.2, 0) is 0 Å². The Labute approximate surface area is 114 Å². The Kier molecular flexibility index (Phi) is 5.33. The molecule has 0 aromatic heterocycles. The summed E-state index contributed by atoms with van der Waals surface area (Å²) in [5.74, 6) is 0.193. The van der Waals surface area contributed by atoms with Crippen LogP contribution in [0.1, 0.15) is 38.7 Å². The van der Waals surface area contributed by atoms with E-state index in [-0.39, 0.29) is 17.1 Å². The van der Waals surface area contributed by atoms with Crippen molar-refractivity contribution in [3.8, 4) is 5.75 Å². The fourth-order valence-corrected chi connectivity index (χ4v) is 1.71. The number of nitrogens with two attached hydrogens (primary N) is 1. The molecule has 0 amide bonds. The number of rotatable bonds is 7. The Balaban J connectivity index is 2.32. The normalized spacial score (nSPS) is 11.4. The van der Waals surface area contributed by atoms with Crippen LogP contribution in [0.4, 0.5) is 4.39 Å². The number of nitrogens with one attached hydrogen (secondary N) is 1. The van der Waals surface area contributed by atoms with E-state index in [4.69, 9.17) is 15.9 Å². The molecule has 1 aromatic carbocycles. The summed E-state index contributed by atoms with van der Waals surface area (Å²) in [6.07, 6.45) is 2.56. The van der Waals surface area contributed by atoms with E-state index < -0.39 is 0 Å². The van der Waals surface area contributed by atoms with Crippen molar-refractivity contribution in [3.63, 3.8) is 0 Å². The summed E-state index contributed by atoms with van der Waals surface area (Å²) in [5.41, 5.74) is 6.23. The maximum atomic E-state index is 13.4. The third-order valence-electron chi connectivity index (χ3n) is 3.27. The van der Waals surface area contributed by atoms with Crippen LogP contribution in [0, 0.1) is 23.6 Å². The first-order valence-electron chi connectivity index (χ1n) is 6.56. The van der Waals surface area contributed by atoms with Crippen molar-refractivity contribution < 1.29 is 9.13 Å². The molecule has 106 valence electrons. The quantitative estimate of drug-likeness (QED) is 0.449. The van der Waals surface area contributed by atoms with Gasteiger partial charge in [0, 0.05) is 5.41 Å². The predicted octanol–water partition coefficient (Wildman–Crippen LogP) is 3.65. The molecule has 0 saturated heterocycles. The molecule has 0 aliphatic heterocycles. The van der Waals surface area contributed by atoms with Crippen molar-refractivity contribution in [2.75, 3.05) is 6.61 Å². The molecule has 1 rings (SSSR count). The molecule has 0 unspecified atom stereocenters. The number of unbranched alkanes of at least 4 members (excludes halogenated alkanes) is 1. The standard InChI is InChI=1S/C15H23FN2O/c1-11-6-7-12(16)13(10-11)19-9-5-4-8-15(2,3)14(17)18/h6-7,10H,4-5,8-9H2,1-3H3,(H3,17,18). The van der Waals surface area contributed by atoms with Gasteiger partial charge in [-0.3, -0.25) is 5.41 Å². The lowest BCUT2D eigenvalue weighted by molar-refractivity contribution is 0.283. The third-order valence-corrected chi connectivity index (χ3v) is 3.27. The van der Waals surface area contributed by atoms with Crippen LogP contribution in [0.2, 0.25) is 0 Å². The molecule has 4 heteroatoms. The molecular formula is C15H23FN2O. The van der Waals surface area contributed by atoms with E-state index in [9.17, 15) is 4.39 Å². The number of hydrogen-bond donors (Lipinski definition) is 2. The van der Waals surface area contributed by atoms with Gasteiger partial charge in [0.25, 0.3) is 0 Å². The number of ether oxygens (including phenoxy) is 1. The Morgan fingerprint density at radius 3 is 2.68 bits per heavy atom. The summed E-state index contributed by atoms with van der Waals surface area (Å²) >= 11 is 0. The Bertz CT molecular complexity index is 444. The van der Waals surface area contributed by atoms with Crippen molar-refractivity contribution in [1.82, 2.24) is 0 Å². The van der Waals surface area contributed by atoms with Gasteiger partial charge in [0.05, 0.1) is 12.4 Å². The lowest BCUT2D eigenvalue weighted by Crippen LogP contribution is -2.30. The summed E-state index contributed by atoms with van der Waals surface area (Å²) in [4.78, 5) is 0. The second-order valence-electron chi connectivity index (χ2n) is 5.54. The van der Waals surface area contributed by atoms with Crippen molar-refractivity contribution in [2.45, 2.75) is 40.0 Å². The molecule has 0 radical (unpaired) electrons. The van der Waals surface area contributed by atoms with Crippen molar-refractivity contribution in [1.29, 1.82) is 5.41 Å². The average molecular weight is 266 g/mol. The minimum Gasteiger partial charge on any atom is -0.491 e. The zero-order valence-corrected chi connectivity index (χ0v) is 11.9. The zero-order chi connectivity index (χ0) is 14.5. The van der Waals surface area contributed by atoms with E-state index >= 15 is 0 Å². The Morgan fingerprint density at radius 2 is 2.05 bits per heavy atom. The highest BCUT2D eigenvalue weighted by atomic mass is 19.1. The number of halogens is 1. The minimum absolute atomic E-state index is 0.207. The van der Waals surface area contributed by atoms with Crippen LogP contribution in [0.3, 0.4) is 0 Å². The van der Waals surface area contributed by atoms with Gasteiger partial charge in [-0.1, -0.05) is 19.9 Å². The maximum absolute atomic E-state index is 13.4. The SMILES string of the molecule is Cc1ccc(F)c(OCCCCC(C)(C)C(=N)N)c1. The molecule has 3 nitrogen and oxygen atoms in total. The van der Waals surface area contributed by atoms with Gasteiger partial charge < -0.3 is 10.5 Å². The fraction of sp³-hybridized carbons (Fsp3) is 0.533. The van der Waals surface area contributed by atoms with Gasteiger partial charge in [-0.25, -0.2) is 4.39 Å². The molecule has 0 spiro atoms. The molecule has 0 saturated carbocycles. The highest BCUT2D eigenvalue weighted by Crippen LogP contribution is 2.23. The molecule has 0 fully saturated rings. The topological polar surface area (TPSA) is 59.1 Å². The summed E-state index contributed by atoms with van der Waals surface area (Å²) in [7, 11) is 0. The fourth-order valence-electron chi connectivity index (χ4n) is 1.71. The first kappa shape index (κ1) is 15.5. The van der Waals surface area contributed by atoms with E-state index in [0.717, 1.165) is 24.8 Å². The maximum Gasteiger partial charge on any atom is 0.165 e. The van der Waals surface area contributed by atoms with Gasteiger partial charge in [0.15, 0.2) is 11.6 Å². The second kappa shape index (κ2) is 6.55. The summed E-state index contributed by atoms with van der Waals surface area (Å²) in [5, 5.41) is 7.46. The van der Waals surface area contributed by atoms with Gasteiger partial charge >= 0.3 is 0 Å². The molecule has 1 aromatic rings. The molecular weight excluding hydrogens is 243 g/mol. The molecule has 0 heterocycles. The lowest BCUT2D eigenvalue weighted by Gasteiger charge is -2.22. The van der Waals surface area contributed by atoms with Gasteiger partial charge in [-0.15, -0.1) is 0 Å². The molecule has 0 atom stereocenters. The van der Waals surface area contributed by atoms with E-state index in [1.165, 1.54) is 6.07 Å². The van der Waals surface area contributed by atoms with E-state index in [0.29, 0.717) is 12.4 Å². The van der Waals surface area contributed by atoms with Crippen LogP contribution in [0.15, 0.2) is 18.2 Å². The molecule has 0 bridgehead atoms. The van der Waals surface area contributed by atoms with Crippen molar-refractivity contribution >= 4 is 5.84 Å². The van der Waals surface area contributed by atoms with Gasteiger partial charge in [-0.05, 0) is 43.9 Å². The average Bonchev–Trinajstić information content (AvgIpc) is 2.32. The minimum atomic E-state index is -0.324. The highest BCUT2D eigenvalue weighted by Gasteiger charge is 2.20. The molecule has 0 aliphatic rings. The molecule has 3 N–H and O–H groups in total. The van der Waals surface area contributed by atoms with Crippen LogP contribution in [0.25, 0.3) is 0 Å². The van der Waals surface area contributed by atoms with Crippen LogP contribution >= 0.6 is 0 Å². The van der Waals surface area contributed by atoms with E-state index in [2.05, 4.69) is 0 Å². The predicted molar refractivity (Wildman–Crippen MR) is 76.2 cm³/mol. The van der Waals surface area contributed by atoms with Crippen molar-refractivity contribution in [3.05, 3.63) is 29.6 Å². The molecule has 19 heavy (non-hydrogen) atoms. The zero-order valence-electron chi connectivity index (χ0n) is 11.9.